The topological polar surface area (TPSA) is 35.5 Å². The van der Waals surface area contributed by atoms with E-state index in [0.29, 0.717) is 13.0 Å². The van der Waals surface area contributed by atoms with E-state index in [-0.39, 0.29) is 12.1 Å². The van der Waals surface area contributed by atoms with Gasteiger partial charge in [-0.25, -0.2) is 4.79 Å². The maximum atomic E-state index is 10.6. The van der Waals surface area contributed by atoms with E-state index >= 15 is 0 Å². The van der Waals surface area contributed by atoms with Crippen molar-refractivity contribution in [3.63, 3.8) is 0 Å². The van der Waals surface area contributed by atoms with Gasteiger partial charge in [-0.05, 0) is 12.0 Å². The summed E-state index contributed by atoms with van der Waals surface area (Å²) in [6, 6.07) is 0. The smallest absolute Gasteiger partial charge is 0.336 e. The highest BCUT2D eigenvalue weighted by Gasteiger charge is 2.26. The van der Waals surface area contributed by atoms with Crippen molar-refractivity contribution in [2.75, 3.05) is 12.9 Å². The van der Waals surface area contributed by atoms with Crippen molar-refractivity contribution in [1.82, 2.24) is 0 Å². The first-order valence-corrected chi connectivity index (χ1v) is 3.85. The maximum absolute atomic E-state index is 10.6. The molecule has 0 aliphatic carbocycles. The Morgan fingerprint density at radius 3 is 3.11 bits per heavy atom. The molecule has 1 fully saturated rings. The van der Waals surface area contributed by atoms with Gasteiger partial charge in [-0.1, -0.05) is 0 Å². The minimum atomic E-state index is -0.319. The van der Waals surface area contributed by atoms with Crippen molar-refractivity contribution >= 4 is 18.0 Å². The van der Waals surface area contributed by atoms with Gasteiger partial charge in [0.05, 0.1) is 6.61 Å². The number of carbonyl (C=O) groups excluding carboxylic acids is 1. The van der Waals surface area contributed by atoms with Crippen LogP contribution in [0.5, 0.6) is 0 Å². The zero-order chi connectivity index (χ0) is 6.69. The summed E-state index contributed by atoms with van der Waals surface area (Å²) in [6.45, 7) is 0.504. The summed E-state index contributed by atoms with van der Waals surface area (Å²) in [4.78, 5) is 10.6. The van der Waals surface area contributed by atoms with E-state index in [9.17, 15) is 4.79 Å². The molecule has 0 aromatic carbocycles. The Bertz CT molecular complexity index is 115. The van der Waals surface area contributed by atoms with Crippen LogP contribution >= 0.6 is 12.0 Å². The van der Waals surface area contributed by atoms with Gasteiger partial charge in [0.25, 0.3) is 0 Å². The van der Waals surface area contributed by atoms with Crippen molar-refractivity contribution in [3.8, 4) is 0 Å². The fourth-order valence-corrected chi connectivity index (χ4v) is 1.09. The normalized spacial score (nSPS) is 26.3. The lowest BCUT2D eigenvalue weighted by Gasteiger charge is -2.00. The van der Waals surface area contributed by atoms with E-state index in [1.165, 1.54) is 12.0 Å². The van der Waals surface area contributed by atoms with E-state index in [0.717, 1.165) is 0 Å². The first-order chi connectivity index (χ1) is 4.34. The number of esters is 1. The van der Waals surface area contributed by atoms with Crippen molar-refractivity contribution in [3.05, 3.63) is 0 Å². The van der Waals surface area contributed by atoms with Gasteiger partial charge in [-0.2, -0.15) is 0 Å². The van der Waals surface area contributed by atoms with Crippen LogP contribution in [0.25, 0.3) is 0 Å². The molecule has 1 saturated heterocycles. The molecule has 9 heavy (non-hydrogen) atoms. The van der Waals surface area contributed by atoms with E-state index in [1.807, 2.05) is 0 Å². The Balaban J connectivity index is 2.31. The SMILES string of the molecule is CSOC1CCOC1=O. The largest absolute Gasteiger partial charge is 0.464 e. The van der Waals surface area contributed by atoms with Gasteiger partial charge in [0.1, 0.15) is 0 Å². The minimum Gasteiger partial charge on any atom is -0.464 e. The molecule has 4 heteroatoms. The van der Waals surface area contributed by atoms with Gasteiger partial charge in [0.15, 0.2) is 6.10 Å². The van der Waals surface area contributed by atoms with E-state index in [4.69, 9.17) is 4.18 Å². The summed E-state index contributed by atoms with van der Waals surface area (Å²) < 4.78 is 9.60. The summed E-state index contributed by atoms with van der Waals surface area (Å²) in [7, 11) is 0. The van der Waals surface area contributed by atoms with Crippen LogP contribution in [0, 0.1) is 0 Å². The van der Waals surface area contributed by atoms with Crippen LogP contribution in [-0.4, -0.2) is 24.9 Å². The Morgan fingerprint density at radius 1 is 1.89 bits per heavy atom. The van der Waals surface area contributed by atoms with Crippen molar-refractivity contribution in [1.29, 1.82) is 0 Å². The zero-order valence-corrected chi connectivity index (χ0v) is 5.94. The maximum Gasteiger partial charge on any atom is 0.336 e. The lowest BCUT2D eigenvalue weighted by atomic mass is 10.3. The first kappa shape index (κ1) is 6.89. The summed E-state index contributed by atoms with van der Waals surface area (Å²) in [5.41, 5.74) is 0. The number of hydrogen-bond acceptors (Lipinski definition) is 4. The number of hydrogen-bond donors (Lipinski definition) is 0. The third kappa shape index (κ3) is 1.59. The van der Waals surface area contributed by atoms with Crippen LogP contribution in [0.1, 0.15) is 6.42 Å². The van der Waals surface area contributed by atoms with Crippen molar-refractivity contribution in [2.24, 2.45) is 0 Å². The van der Waals surface area contributed by atoms with E-state index < -0.39 is 0 Å². The number of carbonyl (C=O) groups is 1. The highest BCUT2D eigenvalue weighted by atomic mass is 32.2. The molecule has 1 atom stereocenters. The highest BCUT2D eigenvalue weighted by Crippen LogP contribution is 2.14. The van der Waals surface area contributed by atoms with Gasteiger partial charge >= 0.3 is 5.97 Å². The fourth-order valence-electron chi connectivity index (χ4n) is 0.681. The standard InChI is InChI=1S/C5H8O3S/c1-9-8-4-2-3-7-5(4)6/h4H,2-3H2,1H3. The van der Waals surface area contributed by atoms with Crippen LogP contribution in [0.15, 0.2) is 0 Å². The quantitative estimate of drug-likeness (QED) is 0.424. The van der Waals surface area contributed by atoms with E-state index in [1.54, 1.807) is 6.26 Å². The van der Waals surface area contributed by atoms with Crippen molar-refractivity contribution in [2.45, 2.75) is 12.5 Å². The number of ether oxygens (including phenoxy) is 1. The summed E-state index contributed by atoms with van der Waals surface area (Å²) >= 11 is 1.20. The summed E-state index contributed by atoms with van der Waals surface area (Å²) in [6.07, 6.45) is 2.16. The van der Waals surface area contributed by atoms with E-state index in [2.05, 4.69) is 4.74 Å². The molecule has 3 nitrogen and oxygen atoms in total. The van der Waals surface area contributed by atoms with Gasteiger partial charge < -0.3 is 8.92 Å². The Morgan fingerprint density at radius 2 is 2.67 bits per heavy atom. The molecule has 1 aliphatic heterocycles. The molecule has 1 unspecified atom stereocenters. The molecule has 0 radical (unpaired) electrons. The highest BCUT2D eigenvalue weighted by molar-refractivity contribution is 7.93. The fraction of sp³-hybridized carbons (Fsp3) is 0.800. The minimum absolute atomic E-state index is 0.232. The lowest BCUT2D eigenvalue weighted by molar-refractivity contribution is -0.143. The molecule has 0 spiro atoms. The first-order valence-electron chi connectivity index (χ1n) is 2.70. The average molecular weight is 148 g/mol. The van der Waals surface area contributed by atoms with Crippen molar-refractivity contribution < 1.29 is 13.7 Å². The monoisotopic (exact) mass is 148 g/mol. The molecule has 0 bridgehead atoms. The lowest BCUT2D eigenvalue weighted by Crippen LogP contribution is -2.14. The molecule has 0 amide bonds. The molecule has 0 aromatic rings. The Hall–Kier alpha value is -0.220. The molecule has 0 N–H and O–H groups in total. The summed E-state index contributed by atoms with van der Waals surface area (Å²) in [5.74, 6) is -0.232. The van der Waals surface area contributed by atoms with Crippen LogP contribution in [0.2, 0.25) is 0 Å². The summed E-state index contributed by atoms with van der Waals surface area (Å²) in [5, 5.41) is 0. The third-order valence-corrected chi connectivity index (χ3v) is 1.52. The predicted octanol–water partition coefficient (Wildman–Crippen LogP) is 0.597. The van der Waals surface area contributed by atoms with Crippen LogP contribution < -0.4 is 0 Å². The third-order valence-electron chi connectivity index (χ3n) is 1.10. The second kappa shape index (κ2) is 3.08. The molecule has 1 heterocycles. The van der Waals surface area contributed by atoms with Crippen LogP contribution in [-0.2, 0) is 13.7 Å². The number of cyclic esters (lactones) is 1. The predicted molar refractivity (Wildman–Crippen MR) is 34.0 cm³/mol. The molecular formula is C5H8O3S. The van der Waals surface area contributed by atoms with Crippen LogP contribution in [0.3, 0.4) is 0 Å². The van der Waals surface area contributed by atoms with Gasteiger partial charge in [-0.3, -0.25) is 0 Å². The molecule has 0 saturated carbocycles. The van der Waals surface area contributed by atoms with Gasteiger partial charge in [0, 0.05) is 12.7 Å². The molecule has 0 aromatic heterocycles. The Kier molecular flexibility index (Phi) is 2.36. The molecule has 52 valence electrons. The zero-order valence-electron chi connectivity index (χ0n) is 5.12. The average Bonchev–Trinajstić information content (AvgIpc) is 2.18. The molecule has 1 rings (SSSR count). The second-order valence-corrected chi connectivity index (χ2v) is 2.23. The molecular weight excluding hydrogens is 140 g/mol. The van der Waals surface area contributed by atoms with Gasteiger partial charge in [-0.15, -0.1) is 0 Å². The molecule has 1 aliphatic rings. The number of rotatable bonds is 2. The second-order valence-electron chi connectivity index (χ2n) is 1.71. The van der Waals surface area contributed by atoms with Crippen LogP contribution in [0.4, 0.5) is 0 Å². The van der Waals surface area contributed by atoms with Gasteiger partial charge in [0.2, 0.25) is 0 Å². The Labute approximate surface area is 57.9 Å².